The number of nitro benzene ring substituents is 1. The van der Waals surface area contributed by atoms with Gasteiger partial charge in [-0.05, 0) is 6.07 Å². The summed E-state index contributed by atoms with van der Waals surface area (Å²) in [5, 5.41) is 14.0. The smallest absolute Gasteiger partial charge is 0.258 e. The molecule has 1 radical (unpaired) electrons. The molecule has 59 valence electrons. The summed E-state index contributed by atoms with van der Waals surface area (Å²) in [6.45, 7) is 0. The van der Waals surface area contributed by atoms with Crippen LogP contribution in [0.3, 0.4) is 0 Å². The quantitative estimate of drug-likeness (QED) is 0.459. The molecule has 1 aromatic rings. The molecule has 0 amide bonds. The van der Waals surface area contributed by atoms with Crippen LogP contribution in [0.4, 0.5) is 11.4 Å². The molecule has 0 saturated heterocycles. The van der Waals surface area contributed by atoms with Crippen molar-refractivity contribution in [3.05, 3.63) is 33.9 Å². The lowest BCUT2D eigenvalue weighted by atomic mass is 10.2. The number of non-ortho nitro benzene ring substituents is 1. The van der Waals surface area contributed by atoms with E-state index in [1.165, 1.54) is 18.3 Å². The van der Waals surface area contributed by atoms with Crippen LogP contribution in [0.1, 0.15) is 5.56 Å². The maximum Gasteiger partial charge on any atom is 0.270 e. The van der Waals surface area contributed by atoms with Crippen LogP contribution in [-0.4, -0.2) is 11.1 Å². The van der Waals surface area contributed by atoms with E-state index >= 15 is 0 Å². The van der Waals surface area contributed by atoms with Gasteiger partial charge in [0.2, 0.25) is 0 Å². The summed E-state index contributed by atoms with van der Waals surface area (Å²) >= 11 is 0. The van der Waals surface area contributed by atoms with Gasteiger partial charge in [0.1, 0.15) is 0 Å². The predicted molar refractivity (Wildman–Crippen MR) is 42.5 cm³/mol. The maximum absolute atomic E-state index is 10.3. The monoisotopic (exact) mass is 162 g/mol. The Morgan fingerprint density at radius 1 is 1.42 bits per heavy atom. The van der Waals surface area contributed by atoms with Gasteiger partial charge < -0.3 is 0 Å². The van der Waals surface area contributed by atoms with Crippen molar-refractivity contribution in [3.8, 4) is 0 Å². The van der Waals surface area contributed by atoms with Crippen LogP contribution in [0.25, 0.3) is 0 Å². The fraction of sp³-hybridized carbons (Fsp3) is 0. The number of hydrogen-bond donors (Lipinski definition) is 0. The first kappa shape index (κ1) is 6.78. The molecule has 0 aliphatic carbocycles. The van der Waals surface area contributed by atoms with E-state index in [1.807, 2.05) is 0 Å². The lowest BCUT2D eigenvalue weighted by Crippen LogP contribution is -1.89. The molecule has 1 aromatic carbocycles. The first-order valence-electron chi connectivity index (χ1n) is 3.30. The molecule has 12 heavy (non-hydrogen) atoms. The zero-order chi connectivity index (χ0) is 8.55. The van der Waals surface area contributed by atoms with Gasteiger partial charge in [0.05, 0.1) is 16.8 Å². The number of hydrogen-bond acceptors (Lipinski definition) is 3. The molecule has 2 rings (SSSR count). The average molecular weight is 162 g/mol. The molecule has 0 spiro atoms. The second-order valence-electron chi connectivity index (χ2n) is 2.34. The number of rotatable bonds is 1. The minimum atomic E-state index is -0.438. The minimum Gasteiger partial charge on any atom is -0.258 e. The molecule has 0 aromatic heterocycles. The summed E-state index contributed by atoms with van der Waals surface area (Å²) in [5.41, 5.74) is 5.19. The fourth-order valence-corrected chi connectivity index (χ4v) is 1.00. The van der Waals surface area contributed by atoms with Gasteiger partial charge >= 0.3 is 0 Å². The standard InChI is InChI=1S/C7H4N3O2/c11-10(12)6-1-2-7-5(3-6)4-8-9-7/h1-4H. The van der Waals surface area contributed by atoms with Crippen LogP contribution < -0.4 is 5.43 Å². The average Bonchev–Trinajstić information content (AvgIpc) is 2.49. The summed E-state index contributed by atoms with van der Waals surface area (Å²) in [5.74, 6) is 0. The molecule has 0 N–H and O–H groups in total. The van der Waals surface area contributed by atoms with Crippen molar-refractivity contribution >= 4 is 17.6 Å². The Morgan fingerprint density at radius 2 is 2.25 bits per heavy atom. The van der Waals surface area contributed by atoms with E-state index in [9.17, 15) is 10.1 Å². The Hall–Kier alpha value is -1.91. The lowest BCUT2D eigenvalue weighted by Gasteiger charge is -1.94. The molecule has 1 aliphatic heterocycles. The summed E-state index contributed by atoms with van der Waals surface area (Å²) in [4.78, 5) is 9.89. The SMILES string of the molecule is O=[N+]([O-])c1ccc2c(c1)C=N[N]2. The highest BCUT2D eigenvalue weighted by Crippen LogP contribution is 2.23. The van der Waals surface area contributed by atoms with Crippen LogP contribution >= 0.6 is 0 Å². The van der Waals surface area contributed by atoms with Gasteiger partial charge in [-0.2, -0.15) is 10.5 Å². The van der Waals surface area contributed by atoms with Gasteiger partial charge in [-0.1, -0.05) is 0 Å². The molecule has 0 atom stereocenters. The third-order valence-corrected chi connectivity index (χ3v) is 1.58. The summed E-state index contributed by atoms with van der Waals surface area (Å²) < 4.78 is 0. The second kappa shape index (κ2) is 2.30. The molecular weight excluding hydrogens is 158 g/mol. The van der Waals surface area contributed by atoms with Crippen molar-refractivity contribution < 1.29 is 4.92 Å². The van der Waals surface area contributed by atoms with E-state index in [1.54, 1.807) is 6.07 Å². The summed E-state index contributed by atoms with van der Waals surface area (Å²) in [7, 11) is 0. The third-order valence-electron chi connectivity index (χ3n) is 1.58. The highest BCUT2D eigenvalue weighted by Gasteiger charge is 2.12. The highest BCUT2D eigenvalue weighted by molar-refractivity contribution is 5.90. The Balaban J connectivity index is 2.51. The molecule has 0 bridgehead atoms. The summed E-state index contributed by atoms with van der Waals surface area (Å²) in [6, 6.07) is 4.45. The Labute approximate surface area is 67.9 Å². The largest absolute Gasteiger partial charge is 0.270 e. The zero-order valence-corrected chi connectivity index (χ0v) is 5.97. The van der Waals surface area contributed by atoms with Crippen molar-refractivity contribution in [1.29, 1.82) is 0 Å². The Bertz CT molecular complexity index is 373. The highest BCUT2D eigenvalue weighted by atomic mass is 16.6. The Kier molecular flexibility index (Phi) is 1.30. The van der Waals surface area contributed by atoms with E-state index in [-0.39, 0.29) is 5.69 Å². The normalized spacial score (nSPS) is 12.3. The van der Waals surface area contributed by atoms with Crippen LogP contribution in [0.15, 0.2) is 23.3 Å². The van der Waals surface area contributed by atoms with Crippen LogP contribution in [0.2, 0.25) is 0 Å². The zero-order valence-electron chi connectivity index (χ0n) is 5.97. The van der Waals surface area contributed by atoms with E-state index in [0.29, 0.717) is 11.3 Å². The third kappa shape index (κ3) is 0.914. The van der Waals surface area contributed by atoms with Gasteiger partial charge in [-0.15, -0.1) is 0 Å². The number of fused-ring (bicyclic) bond motifs is 1. The van der Waals surface area contributed by atoms with Crippen molar-refractivity contribution in [2.45, 2.75) is 0 Å². The number of nitro groups is 1. The van der Waals surface area contributed by atoms with E-state index < -0.39 is 4.92 Å². The topological polar surface area (TPSA) is 69.6 Å². The molecule has 1 heterocycles. The summed E-state index contributed by atoms with van der Waals surface area (Å²) in [6.07, 6.45) is 1.50. The number of nitrogens with zero attached hydrogens (tertiary/aromatic N) is 3. The molecule has 0 fully saturated rings. The van der Waals surface area contributed by atoms with Gasteiger partial charge in [0.25, 0.3) is 5.69 Å². The minimum absolute atomic E-state index is 0.0669. The molecular formula is C7H4N3O2. The second-order valence-corrected chi connectivity index (χ2v) is 2.34. The molecule has 5 nitrogen and oxygen atoms in total. The maximum atomic E-state index is 10.3. The first-order valence-corrected chi connectivity index (χ1v) is 3.30. The van der Waals surface area contributed by atoms with Crippen molar-refractivity contribution in [3.63, 3.8) is 0 Å². The molecule has 0 unspecified atom stereocenters. The first-order chi connectivity index (χ1) is 5.77. The Morgan fingerprint density at radius 3 is 3.00 bits per heavy atom. The van der Waals surface area contributed by atoms with Gasteiger partial charge in [-0.3, -0.25) is 10.1 Å². The van der Waals surface area contributed by atoms with Crippen molar-refractivity contribution in [2.75, 3.05) is 0 Å². The van der Waals surface area contributed by atoms with E-state index in [4.69, 9.17) is 0 Å². The van der Waals surface area contributed by atoms with Gasteiger partial charge in [0.15, 0.2) is 0 Å². The van der Waals surface area contributed by atoms with Crippen molar-refractivity contribution in [1.82, 2.24) is 5.43 Å². The van der Waals surface area contributed by atoms with Crippen LogP contribution in [0, 0.1) is 10.1 Å². The van der Waals surface area contributed by atoms with E-state index in [0.717, 1.165) is 0 Å². The lowest BCUT2D eigenvalue weighted by molar-refractivity contribution is -0.384. The fourth-order valence-electron chi connectivity index (χ4n) is 1.00. The molecule has 0 saturated carbocycles. The van der Waals surface area contributed by atoms with Crippen LogP contribution in [-0.2, 0) is 0 Å². The van der Waals surface area contributed by atoms with Gasteiger partial charge in [-0.25, -0.2) is 0 Å². The van der Waals surface area contributed by atoms with Crippen LogP contribution in [0.5, 0.6) is 0 Å². The molecule has 1 aliphatic rings. The predicted octanol–water partition coefficient (Wildman–Crippen LogP) is 1.18. The molecule has 5 heteroatoms. The van der Waals surface area contributed by atoms with Crippen molar-refractivity contribution in [2.24, 2.45) is 5.10 Å². The van der Waals surface area contributed by atoms with E-state index in [2.05, 4.69) is 10.5 Å². The number of benzene rings is 1. The van der Waals surface area contributed by atoms with Gasteiger partial charge in [0, 0.05) is 17.7 Å².